The summed E-state index contributed by atoms with van der Waals surface area (Å²) in [6.07, 6.45) is -0.797. The molecular weight excluding hydrogens is 399 g/mol. The van der Waals surface area contributed by atoms with Gasteiger partial charge in [0.25, 0.3) is 0 Å². The van der Waals surface area contributed by atoms with Crippen LogP contribution in [0.5, 0.6) is 11.5 Å². The van der Waals surface area contributed by atoms with Crippen molar-refractivity contribution in [1.82, 2.24) is 4.98 Å². The van der Waals surface area contributed by atoms with Crippen LogP contribution in [0, 0.1) is 5.82 Å². The number of oxazole rings is 1. The number of halogens is 1. The van der Waals surface area contributed by atoms with Gasteiger partial charge >= 0.3 is 103 Å². The monoisotopic (exact) mass is 409 g/mol. The van der Waals surface area contributed by atoms with Crippen molar-refractivity contribution in [3.05, 3.63) is 48.3 Å². The number of nitrogens with zero attached hydrogens (tertiary/aromatic N) is 1. The molecule has 0 fully saturated rings. The van der Waals surface area contributed by atoms with E-state index < -0.39 is 17.7 Å². The molecule has 0 aliphatic carbocycles. The van der Waals surface area contributed by atoms with E-state index in [4.69, 9.17) is 19.4 Å². The van der Waals surface area contributed by atoms with E-state index in [-0.39, 0.29) is 114 Å². The van der Waals surface area contributed by atoms with Crippen LogP contribution in [0.2, 0.25) is 0 Å². The molecule has 2 aromatic carbocycles. The zero-order chi connectivity index (χ0) is 17.9. The Hall–Kier alpha value is -0.277. The van der Waals surface area contributed by atoms with Gasteiger partial charge in [0.2, 0.25) is 5.89 Å². The van der Waals surface area contributed by atoms with Gasteiger partial charge in [-0.15, -0.1) is 0 Å². The molecule has 10 heteroatoms. The Morgan fingerprint density at radius 2 is 1.81 bits per heavy atom. The molecule has 0 unspecified atom stereocenters. The van der Waals surface area contributed by atoms with Gasteiger partial charge in [0, 0.05) is 17.2 Å². The molecular formula is C16H10FK2NO6. The van der Waals surface area contributed by atoms with E-state index in [0.717, 1.165) is 6.07 Å². The molecule has 3 rings (SSSR count). The number of hydrogen-bond donors (Lipinski definition) is 2. The predicted molar refractivity (Wildman–Crippen MR) is 78.2 cm³/mol. The second-order valence-electron chi connectivity index (χ2n) is 4.52. The van der Waals surface area contributed by atoms with Gasteiger partial charge in [-0.1, -0.05) is 12.7 Å². The van der Waals surface area contributed by atoms with Crippen molar-refractivity contribution in [3.63, 3.8) is 0 Å². The number of carbonyl (C=O) groups excluding carboxylic acids is 1. The molecule has 0 aliphatic rings. The molecule has 124 valence electrons. The number of rotatable bonds is 2. The molecule has 2 N–H and O–H groups in total. The Kier molecular flexibility index (Phi) is 11.4. The van der Waals surface area contributed by atoms with Crippen LogP contribution < -0.4 is 113 Å². The largest absolute Gasteiger partial charge is 1.00 e. The van der Waals surface area contributed by atoms with Gasteiger partial charge in [0.05, 0.1) is 0 Å². The van der Waals surface area contributed by atoms with Gasteiger partial charge < -0.3 is 29.6 Å². The van der Waals surface area contributed by atoms with Crippen LogP contribution in [0.15, 0.2) is 41.3 Å². The molecule has 7 nitrogen and oxygen atoms in total. The fourth-order valence-corrected chi connectivity index (χ4v) is 1.96. The SMILES string of the molecule is C=Cc1cc(O)cc2nc(-c3ccc(O)c(F)c3)oc12.O=C([O-])[O-].[K+].[K+]. The molecule has 0 bridgehead atoms. The normalized spacial score (nSPS) is 9.27. The number of aromatic hydroxyl groups is 2. The maximum Gasteiger partial charge on any atom is 1.00 e. The van der Waals surface area contributed by atoms with E-state index in [1.165, 1.54) is 30.3 Å². The topological polar surface area (TPSA) is 130 Å². The van der Waals surface area contributed by atoms with Crippen LogP contribution in [-0.4, -0.2) is 21.4 Å². The number of fused-ring (bicyclic) bond motifs is 1. The van der Waals surface area contributed by atoms with Crippen LogP contribution >= 0.6 is 0 Å². The van der Waals surface area contributed by atoms with Crippen molar-refractivity contribution in [2.24, 2.45) is 0 Å². The smallest absolute Gasteiger partial charge is 0.652 e. The van der Waals surface area contributed by atoms with Crippen LogP contribution in [0.1, 0.15) is 5.56 Å². The second kappa shape index (κ2) is 11.5. The quantitative estimate of drug-likeness (QED) is 0.407. The number of phenols is 2. The van der Waals surface area contributed by atoms with Crippen molar-refractivity contribution in [2.45, 2.75) is 0 Å². The first-order valence-corrected chi connectivity index (χ1v) is 6.44. The predicted octanol–water partition coefficient (Wildman–Crippen LogP) is -4.75. The molecule has 1 heterocycles. The van der Waals surface area contributed by atoms with Crippen LogP contribution in [0.3, 0.4) is 0 Å². The maximum atomic E-state index is 13.4. The minimum atomic E-state index is -2.33. The van der Waals surface area contributed by atoms with Gasteiger partial charge in [-0.05, 0) is 30.4 Å². The van der Waals surface area contributed by atoms with E-state index in [1.807, 2.05) is 0 Å². The van der Waals surface area contributed by atoms with Gasteiger partial charge in [-0.3, -0.25) is 0 Å². The van der Waals surface area contributed by atoms with E-state index in [0.29, 0.717) is 22.2 Å². The first-order valence-electron chi connectivity index (χ1n) is 6.44. The summed E-state index contributed by atoms with van der Waals surface area (Å²) in [5.74, 6) is -0.942. The van der Waals surface area contributed by atoms with E-state index in [2.05, 4.69) is 11.6 Å². The molecule has 26 heavy (non-hydrogen) atoms. The summed E-state index contributed by atoms with van der Waals surface area (Å²) in [6, 6.07) is 6.81. The Balaban J connectivity index is 0.000000951. The zero-order valence-corrected chi connectivity index (χ0v) is 20.3. The van der Waals surface area contributed by atoms with Crippen LogP contribution in [-0.2, 0) is 0 Å². The summed E-state index contributed by atoms with van der Waals surface area (Å²) in [5.41, 5.74) is 1.90. The molecule has 0 aliphatic heterocycles. The molecule has 0 atom stereocenters. The third kappa shape index (κ3) is 6.71. The average Bonchev–Trinajstić information content (AvgIpc) is 2.92. The molecule has 0 saturated heterocycles. The first kappa shape index (κ1) is 25.7. The summed E-state index contributed by atoms with van der Waals surface area (Å²) >= 11 is 0. The van der Waals surface area contributed by atoms with Gasteiger partial charge in [0.1, 0.15) is 11.3 Å². The Morgan fingerprint density at radius 3 is 2.35 bits per heavy atom. The van der Waals surface area contributed by atoms with Crippen molar-refractivity contribution < 1.29 is 137 Å². The number of phenolic OH excluding ortho intramolecular Hbond substituents is 2. The first-order chi connectivity index (χ1) is 11.3. The van der Waals surface area contributed by atoms with E-state index in [1.54, 1.807) is 0 Å². The summed E-state index contributed by atoms with van der Waals surface area (Å²) in [4.78, 5) is 12.5. The molecule has 0 radical (unpaired) electrons. The molecule has 3 aromatic rings. The summed E-state index contributed by atoms with van der Waals surface area (Å²) in [5, 5.41) is 35.4. The number of carboxylic acid groups (broad SMARTS) is 2. The number of carbonyl (C=O) groups is 1. The number of aromatic nitrogens is 1. The van der Waals surface area contributed by atoms with Gasteiger partial charge in [0.15, 0.2) is 17.1 Å². The third-order valence-corrected chi connectivity index (χ3v) is 2.92. The second-order valence-corrected chi connectivity index (χ2v) is 4.52. The third-order valence-electron chi connectivity index (χ3n) is 2.92. The summed E-state index contributed by atoms with van der Waals surface area (Å²) in [7, 11) is 0. The van der Waals surface area contributed by atoms with Gasteiger partial charge in [-0.25, -0.2) is 9.37 Å². The van der Waals surface area contributed by atoms with Crippen molar-refractivity contribution in [1.29, 1.82) is 0 Å². The minimum Gasteiger partial charge on any atom is -0.652 e. The minimum absolute atomic E-state index is 0. The van der Waals surface area contributed by atoms with Crippen molar-refractivity contribution in [2.75, 3.05) is 0 Å². The number of hydrogen-bond acceptors (Lipinski definition) is 7. The molecule has 1 aromatic heterocycles. The van der Waals surface area contributed by atoms with Crippen LogP contribution in [0.4, 0.5) is 9.18 Å². The van der Waals surface area contributed by atoms with E-state index >= 15 is 0 Å². The fourth-order valence-electron chi connectivity index (χ4n) is 1.96. The van der Waals surface area contributed by atoms with Crippen molar-refractivity contribution >= 4 is 23.3 Å². The van der Waals surface area contributed by atoms with Gasteiger partial charge in [-0.2, -0.15) is 0 Å². The average molecular weight is 409 g/mol. The maximum absolute atomic E-state index is 13.4. The fraction of sp³-hybridized carbons (Fsp3) is 0. The molecule has 0 saturated carbocycles. The van der Waals surface area contributed by atoms with Crippen LogP contribution in [0.25, 0.3) is 28.6 Å². The summed E-state index contributed by atoms with van der Waals surface area (Å²) < 4.78 is 18.9. The Morgan fingerprint density at radius 1 is 1.19 bits per heavy atom. The standard InChI is InChI=1S/C15H10FNO3.CH2O3.2K/c1-2-8-5-10(18)7-12-14(8)20-15(17-12)9-3-4-13(19)11(16)6-9;2-1(3)4;;/h2-7,18-19H,1H2;(H2,2,3,4);;/q;;2*+1/p-2. The molecule has 0 spiro atoms. The zero-order valence-electron chi connectivity index (χ0n) is 14.0. The van der Waals surface area contributed by atoms with Crippen molar-refractivity contribution in [3.8, 4) is 23.0 Å². The molecule has 0 amide bonds. The Labute approximate surface area is 232 Å². The Bertz CT molecular complexity index is 924. The van der Waals surface area contributed by atoms with E-state index in [9.17, 15) is 14.6 Å². The number of benzene rings is 2. The summed E-state index contributed by atoms with van der Waals surface area (Å²) in [6.45, 7) is 3.64.